The van der Waals surface area contributed by atoms with Gasteiger partial charge in [-0.25, -0.2) is 0 Å². The largest absolute Gasteiger partial charge is 0.389 e. The number of rotatable bonds is 2. The Bertz CT molecular complexity index is 899. The molecule has 3 fully saturated rings. The maximum absolute atomic E-state index is 11.6. The van der Waals surface area contributed by atoms with Crippen molar-refractivity contribution in [1.29, 1.82) is 0 Å². The monoisotopic (exact) mass is 436 g/mol. The van der Waals surface area contributed by atoms with Gasteiger partial charge in [0.2, 0.25) is 0 Å². The maximum Gasteiger partial charge on any atom is 0.0768 e. The normalized spacial score (nSPS) is 43.5. The molecule has 1 aromatic heterocycles. The van der Waals surface area contributed by atoms with Gasteiger partial charge in [-0.15, -0.1) is 11.3 Å². The van der Waals surface area contributed by atoms with Gasteiger partial charge in [-0.3, -0.25) is 0 Å². The lowest BCUT2D eigenvalue weighted by Crippen LogP contribution is -2.52. The first-order chi connectivity index (χ1) is 14.7. The predicted molar refractivity (Wildman–Crippen MR) is 131 cm³/mol. The summed E-state index contributed by atoms with van der Waals surface area (Å²) in [4.78, 5) is 1.10. The van der Waals surface area contributed by atoms with Gasteiger partial charge in [0.25, 0.3) is 0 Å². The Labute approximate surface area is 193 Å². The molecule has 3 saturated carbocycles. The van der Waals surface area contributed by atoms with E-state index in [0.29, 0.717) is 17.8 Å². The van der Waals surface area contributed by atoms with E-state index >= 15 is 0 Å². The summed E-state index contributed by atoms with van der Waals surface area (Å²) in [5.74, 6) is 10.3. The molecule has 8 atom stereocenters. The quantitative estimate of drug-likeness (QED) is 0.377. The Morgan fingerprint density at radius 3 is 2.77 bits per heavy atom. The zero-order valence-corrected chi connectivity index (χ0v) is 20.7. The van der Waals surface area contributed by atoms with Crippen LogP contribution in [-0.4, -0.2) is 10.7 Å². The highest BCUT2D eigenvalue weighted by Gasteiger charge is 2.61. The van der Waals surface area contributed by atoms with E-state index in [4.69, 9.17) is 0 Å². The summed E-state index contributed by atoms with van der Waals surface area (Å²) in [5.41, 5.74) is 1.81. The van der Waals surface area contributed by atoms with Crippen LogP contribution >= 0.6 is 11.3 Å². The average Bonchev–Trinajstić information content (AvgIpc) is 3.35. The van der Waals surface area contributed by atoms with Crippen molar-refractivity contribution in [2.75, 3.05) is 0 Å². The summed E-state index contributed by atoms with van der Waals surface area (Å²) < 4.78 is 0. The van der Waals surface area contributed by atoms with Crippen molar-refractivity contribution in [3.63, 3.8) is 0 Å². The van der Waals surface area contributed by atoms with E-state index in [9.17, 15) is 5.11 Å². The summed E-state index contributed by atoms with van der Waals surface area (Å²) in [6.45, 7) is 9.64. The second kappa shape index (κ2) is 7.78. The number of hydrogen-bond acceptors (Lipinski definition) is 2. The lowest BCUT2D eigenvalue weighted by atomic mass is 9.46. The van der Waals surface area contributed by atoms with Crippen molar-refractivity contribution in [3.05, 3.63) is 34.0 Å². The summed E-state index contributed by atoms with van der Waals surface area (Å²) in [7, 11) is 0. The second-order valence-electron chi connectivity index (χ2n) is 12.1. The van der Waals surface area contributed by atoms with E-state index in [2.05, 4.69) is 57.1 Å². The van der Waals surface area contributed by atoms with Gasteiger partial charge in [-0.2, -0.15) is 0 Å². The molecule has 0 aliphatic heterocycles. The Morgan fingerprint density at radius 2 is 2.00 bits per heavy atom. The SMILES string of the molecule is C[C@H]1CC[C@@]2(C)C(=CC[C@H]3[C@@H]4CC[C@H]([C@@](C)(O)CC#Cc5cccs5)[C@@]4(C)CC[C@@H]32)C1. The minimum absolute atomic E-state index is 0.263. The molecule has 0 spiro atoms. The fourth-order valence-electron chi connectivity index (χ4n) is 8.65. The zero-order valence-electron chi connectivity index (χ0n) is 19.9. The van der Waals surface area contributed by atoms with Crippen LogP contribution in [0.25, 0.3) is 0 Å². The highest BCUT2D eigenvalue weighted by Crippen LogP contribution is 2.67. The molecule has 0 aromatic carbocycles. The van der Waals surface area contributed by atoms with Crippen LogP contribution in [0.3, 0.4) is 0 Å². The van der Waals surface area contributed by atoms with Crippen LogP contribution in [0.4, 0.5) is 0 Å². The summed E-state index contributed by atoms with van der Waals surface area (Å²) in [5, 5.41) is 13.7. The summed E-state index contributed by atoms with van der Waals surface area (Å²) in [6.07, 6.45) is 13.8. The number of fused-ring (bicyclic) bond motifs is 5. The van der Waals surface area contributed by atoms with E-state index in [-0.39, 0.29) is 5.41 Å². The molecular weight excluding hydrogens is 396 g/mol. The number of hydrogen-bond donors (Lipinski definition) is 1. The van der Waals surface area contributed by atoms with Crippen molar-refractivity contribution in [2.24, 2.45) is 40.4 Å². The first-order valence-electron chi connectivity index (χ1n) is 12.7. The number of allylic oxidation sites excluding steroid dienone is 2. The summed E-state index contributed by atoms with van der Waals surface area (Å²) in [6, 6.07) is 4.11. The molecule has 0 bridgehead atoms. The minimum atomic E-state index is -0.694. The van der Waals surface area contributed by atoms with Crippen LogP contribution in [0.5, 0.6) is 0 Å². The standard InChI is InChI=1S/C29H40OS/c1-20-13-16-27(2)21(19-20)9-10-23-24-11-12-26(28(24,3)17-14-25(23)27)29(4,30)15-5-7-22-8-6-18-31-22/h6,8-9,18,20,23-26,30H,10-17,19H2,1-4H3/t20-,23-,24-,25-,26-,27-,28-,29-/m0/s1. The van der Waals surface area contributed by atoms with Crippen molar-refractivity contribution < 1.29 is 5.11 Å². The van der Waals surface area contributed by atoms with Crippen molar-refractivity contribution in [3.8, 4) is 11.8 Å². The van der Waals surface area contributed by atoms with E-state index in [0.717, 1.165) is 28.5 Å². The minimum Gasteiger partial charge on any atom is -0.389 e. The first-order valence-corrected chi connectivity index (χ1v) is 13.6. The zero-order chi connectivity index (χ0) is 21.9. The van der Waals surface area contributed by atoms with Crippen molar-refractivity contribution in [1.82, 2.24) is 0 Å². The van der Waals surface area contributed by atoms with Gasteiger partial charge < -0.3 is 5.11 Å². The second-order valence-corrected chi connectivity index (χ2v) is 13.0. The highest BCUT2D eigenvalue weighted by molar-refractivity contribution is 7.10. The van der Waals surface area contributed by atoms with Crippen LogP contribution in [0.2, 0.25) is 0 Å². The smallest absolute Gasteiger partial charge is 0.0768 e. The van der Waals surface area contributed by atoms with Gasteiger partial charge in [0.15, 0.2) is 0 Å². The predicted octanol–water partition coefficient (Wildman–Crippen LogP) is 7.46. The van der Waals surface area contributed by atoms with E-state index in [1.165, 1.54) is 51.4 Å². The molecule has 2 heteroatoms. The van der Waals surface area contributed by atoms with Gasteiger partial charge in [0.05, 0.1) is 10.5 Å². The van der Waals surface area contributed by atoms with Gasteiger partial charge in [0, 0.05) is 6.42 Å². The molecule has 1 nitrogen and oxygen atoms in total. The molecule has 168 valence electrons. The average molecular weight is 437 g/mol. The van der Waals surface area contributed by atoms with Gasteiger partial charge >= 0.3 is 0 Å². The molecule has 1 heterocycles. The lowest BCUT2D eigenvalue weighted by Gasteiger charge is -2.59. The van der Waals surface area contributed by atoms with Crippen LogP contribution in [-0.2, 0) is 0 Å². The topological polar surface area (TPSA) is 20.2 Å². The van der Waals surface area contributed by atoms with Crippen LogP contribution in [0.15, 0.2) is 29.2 Å². The van der Waals surface area contributed by atoms with Gasteiger partial charge in [-0.05, 0) is 110 Å². The van der Waals surface area contributed by atoms with E-state index in [1.807, 2.05) is 6.07 Å². The summed E-state index contributed by atoms with van der Waals surface area (Å²) >= 11 is 1.68. The van der Waals surface area contributed by atoms with Crippen molar-refractivity contribution >= 4 is 11.3 Å². The van der Waals surface area contributed by atoms with Crippen LogP contribution < -0.4 is 0 Å². The Kier molecular flexibility index (Phi) is 5.46. The maximum atomic E-state index is 11.6. The molecule has 31 heavy (non-hydrogen) atoms. The molecule has 0 saturated heterocycles. The third-order valence-corrected chi connectivity index (χ3v) is 11.1. The molecular formula is C29H40OS. The van der Waals surface area contributed by atoms with E-state index < -0.39 is 5.60 Å². The molecule has 1 N–H and O–H groups in total. The van der Waals surface area contributed by atoms with Gasteiger partial charge in [-0.1, -0.05) is 50.3 Å². The van der Waals surface area contributed by atoms with Crippen molar-refractivity contribution in [2.45, 2.75) is 91.1 Å². The Balaban J connectivity index is 1.36. The third-order valence-electron chi connectivity index (χ3n) is 10.3. The Hall–Kier alpha value is -1.04. The number of aliphatic hydroxyl groups is 1. The molecule has 0 radical (unpaired) electrons. The van der Waals surface area contributed by atoms with Crippen LogP contribution in [0.1, 0.15) is 90.4 Å². The fourth-order valence-corrected chi connectivity index (χ4v) is 9.24. The van der Waals surface area contributed by atoms with E-state index in [1.54, 1.807) is 16.9 Å². The third kappa shape index (κ3) is 3.55. The Morgan fingerprint density at radius 1 is 1.16 bits per heavy atom. The fraction of sp³-hybridized carbons (Fsp3) is 0.724. The molecule has 0 unspecified atom stereocenters. The molecule has 4 aliphatic rings. The lowest BCUT2D eigenvalue weighted by molar-refractivity contribution is -0.0982. The van der Waals surface area contributed by atoms with Crippen LogP contribution in [0, 0.1) is 52.3 Å². The molecule has 4 aliphatic carbocycles. The molecule has 1 aromatic rings. The van der Waals surface area contributed by atoms with Gasteiger partial charge in [0.1, 0.15) is 0 Å². The molecule has 0 amide bonds. The number of thiophene rings is 1. The first kappa shape index (κ1) is 21.8. The molecule has 5 rings (SSSR count). The highest BCUT2D eigenvalue weighted by atomic mass is 32.1.